The van der Waals surface area contributed by atoms with Crippen LogP contribution in [0.25, 0.3) is 10.4 Å². The predicted molar refractivity (Wildman–Crippen MR) is 75.6 cm³/mol. The molecule has 0 spiro atoms. The van der Waals surface area contributed by atoms with Crippen LogP contribution in [0.4, 0.5) is 13.2 Å². The van der Waals surface area contributed by atoms with Crippen molar-refractivity contribution in [2.45, 2.75) is 19.0 Å². The van der Waals surface area contributed by atoms with Crippen LogP contribution in [-0.4, -0.2) is 18.6 Å². The molecule has 110 valence electrons. The molecular formula is C15H12F3NOS. The summed E-state index contributed by atoms with van der Waals surface area (Å²) in [6.07, 6.45) is -2.68. The van der Waals surface area contributed by atoms with Gasteiger partial charge in [-0.1, -0.05) is 24.3 Å². The van der Waals surface area contributed by atoms with Crippen LogP contribution in [-0.2, 0) is 12.8 Å². The zero-order valence-electron chi connectivity index (χ0n) is 11.0. The second kappa shape index (κ2) is 5.18. The van der Waals surface area contributed by atoms with Gasteiger partial charge in [-0.25, -0.2) is 0 Å². The van der Waals surface area contributed by atoms with Gasteiger partial charge in [-0.3, -0.25) is 4.79 Å². The number of nitrogens with one attached hydrogen (secondary N) is 1. The van der Waals surface area contributed by atoms with Crippen LogP contribution in [0, 0.1) is 0 Å². The number of halogens is 3. The number of rotatable bonds is 2. The molecule has 0 unspecified atom stereocenters. The third-order valence-electron chi connectivity index (χ3n) is 3.41. The second-order valence-electron chi connectivity index (χ2n) is 4.92. The van der Waals surface area contributed by atoms with E-state index in [0.29, 0.717) is 4.88 Å². The van der Waals surface area contributed by atoms with Gasteiger partial charge in [-0.2, -0.15) is 13.2 Å². The Morgan fingerprint density at radius 1 is 1.19 bits per heavy atom. The lowest BCUT2D eigenvalue weighted by Gasteiger charge is -2.15. The highest BCUT2D eigenvalue weighted by Crippen LogP contribution is 2.39. The van der Waals surface area contributed by atoms with E-state index in [1.807, 2.05) is 29.6 Å². The minimum atomic E-state index is -4.39. The minimum Gasteiger partial charge on any atom is -0.342 e. The average molecular weight is 311 g/mol. The number of hydrogen-bond acceptors (Lipinski definition) is 2. The first-order valence-corrected chi connectivity index (χ1v) is 7.31. The molecule has 1 aliphatic rings. The van der Waals surface area contributed by atoms with E-state index in [9.17, 15) is 18.0 Å². The molecule has 2 aromatic rings. The minimum absolute atomic E-state index is 0.334. The number of alkyl halides is 3. The van der Waals surface area contributed by atoms with E-state index in [4.69, 9.17) is 0 Å². The van der Waals surface area contributed by atoms with E-state index >= 15 is 0 Å². The summed E-state index contributed by atoms with van der Waals surface area (Å²) in [5.74, 6) is -0.663. The van der Waals surface area contributed by atoms with E-state index in [-0.39, 0.29) is 0 Å². The van der Waals surface area contributed by atoms with E-state index in [1.54, 1.807) is 6.07 Å². The first-order chi connectivity index (χ1) is 9.94. The molecule has 1 aromatic carbocycles. The summed E-state index contributed by atoms with van der Waals surface area (Å²) in [4.78, 5) is 13.1. The van der Waals surface area contributed by atoms with Crippen LogP contribution in [0.2, 0.25) is 0 Å². The molecule has 1 N–H and O–H groups in total. The largest absolute Gasteiger partial charge is 0.405 e. The van der Waals surface area contributed by atoms with Crippen LogP contribution < -0.4 is 5.32 Å². The number of thiophene rings is 1. The van der Waals surface area contributed by atoms with Crippen molar-refractivity contribution in [3.8, 4) is 10.4 Å². The fourth-order valence-electron chi connectivity index (χ4n) is 2.45. The van der Waals surface area contributed by atoms with Gasteiger partial charge in [0.05, 0.1) is 4.88 Å². The van der Waals surface area contributed by atoms with Crippen LogP contribution >= 0.6 is 11.3 Å². The van der Waals surface area contributed by atoms with Gasteiger partial charge in [0, 0.05) is 4.88 Å². The first-order valence-electron chi connectivity index (χ1n) is 6.50. The van der Waals surface area contributed by atoms with Crippen molar-refractivity contribution in [1.82, 2.24) is 5.32 Å². The molecule has 0 aliphatic heterocycles. The Balaban J connectivity index is 1.85. The molecule has 1 aromatic heterocycles. The first kappa shape index (κ1) is 14.1. The summed E-state index contributed by atoms with van der Waals surface area (Å²) in [5, 5.41) is 1.92. The zero-order chi connectivity index (χ0) is 15.0. The summed E-state index contributed by atoms with van der Waals surface area (Å²) in [6.45, 7) is -1.30. The topological polar surface area (TPSA) is 29.1 Å². The molecule has 0 atom stereocenters. The second-order valence-corrected chi connectivity index (χ2v) is 5.97. The van der Waals surface area contributed by atoms with Crippen molar-refractivity contribution >= 4 is 17.2 Å². The van der Waals surface area contributed by atoms with Crippen molar-refractivity contribution in [3.05, 3.63) is 46.3 Å². The number of amides is 1. The Hall–Kier alpha value is -1.82. The predicted octanol–water partition coefficient (Wildman–Crippen LogP) is 3.81. The summed E-state index contributed by atoms with van der Waals surface area (Å²) in [6, 6.07) is 9.63. The van der Waals surface area contributed by atoms with Gasteiger partial charge in [-0.15, -0.1) is 11.3 Å². The number of aryl methyl sites for hydroxylation is 2. The van der Waals surface area contributed by atoms with Gasteiger partial charge in [0.2, 0.25) is 0 Å². The molecule has 0 saturated heterocycles. The van der Waals surface area contributed by atoms with Crippen LogP contribution in [0.1, 0.15) is 20.8 Å². The highest BCUT2D eigenvalue weighted by atomic mass is 32.1. The highest BCUT2D eigenvalue weighted by molar-refractivity contribution is 7.17. The van der Waals surface area contributed by atoms with E-state index in [0.717, 1.165) is 28.8 Å². The van der Waals surface area contributed by atoms with Crippen molar-refractivity contribution in [1.29, 1.82) is 0 Å². The Labute approximate surface area is 123 Å². The summed E-state index contributed by atoms with van der Waals surface area (Å²) in [5.41, 5.74) is 3.34. The lowest BCUT2D eigenvalue weighted by Crippen LogP contribution is -2.33. The van der Waals surface area contributed by atoms with E-state index in [2.05, 4.69) is 0 Å². The van der Waals surface area contributed by atoms with Crippen molar-refractivity contribution in [3.63, 3.8) is 0 Å². The maximum Gasteiger partial charge on any atom is 0.405 e. The monoisotopic (exact) mass is 311 g/mol. The number of fused-ring (bicyclic) bond motifs is 3. The molecular weight excluding hydrogens is 299 g/mol. The normalized spacial score (nSPS) is 13.5. The molecule has 1 heterocycles. The maximum absolute atomic E-state index is 12.1. The average Bonchev–Trinajstić information content (AvgIpc) is 2.88. The molecule has 0 fully saturated rings. The Morgan fingerprint density at radius 3 is 2.67 bits per heavy atom. The van der Waals surface area contributed by atoms with Gasteiger partial charge in [-0.05, 0) is 35.6 Å². The third kappa shape index (κ3) is 2.95. The van der Waals surface area contributed by atoms with Crippen LogP contribution in [0.3, 0.4) is 0 Å². The fourth-order valence-corrected chi connectivity index (χ4v) is 3.64. The van der Waals surface area contributed by atoms with Crippen molar-refractivity contribution in [2.24, 2.45) is 0 Å². The molecule has 0 bridgehead atoms. The van der Waals surface area contributed by atoms with Crippen molar-refractivity contribution < 1.29 is 18.0 Å². The number of carbonyl (C=O) groups excluding carboxylic acids is 1. The molecule has 6 heteroatoms. The van der Waals surface area contributed by atoms with Crippen molar-refractivity contribution in [2.75, 3.05) is 6.54 Å². The van der Waals surface area contributed by atoms with Gasteiger partial charge < -0.3 is 5.32 Å². The molecule has 0 radical (unpaired) electrons. The molecule has 2 nitrogen and oxygen atoms in total. The van der Waals surface area contributed by atoms with E-state index < -0.39 is 18.6 Å². The summed E-state index contributed by atoms with van der Waals surface area (Å²) < 4.78 is 36.4. The number of benzene rings is 1. The molecule has 0 saturated carbocycles. The lowest BCUT2D eigenvalue weighted by atomic mass is 9.91. The smallest absolute Gasteiger partial charge is 0.342 e. The van der Waals surface area contributed by atoms with Crippen LogP contribution in [0.15, 0.2) is 30.3 Å². The third-order valence-corrected chi connectivity index (χ3v) is 4.62. The molecule has 1 aliphatic carbocycles. The number of hydrogen-bond donors (Lipinski definition) is 1. The maximum atomic E-state index is 12.1. The molecule has 3 rings (SSSR count). The van der Waals surface area contributed by atoms with E-state index in [1.165, 1.54) is 16.9 Å². The standard InChI is InChI=1S/C15H12F3NOS/c16-15(17,18)8-19-14(20)12-7-10-6-5-9-3-1-2-4-11(9)13(10)21-12/h1-4,7H,5-6,8H2,(H,19,20). The summed E-state index contributed by atoms with van der Waals surface area (Å²) in [7, 11) is 0. The zero-order valence-corrected chi connectivity index (χ0v) is 11.8. The van der Waals surface area contributed by atoms with Crippen LogP contribution in [0.5, 0.6) is 0 Å². The fraction of sp³-hybridized carbons (Fsp3) is 0.267. The Kier molecular flexibility index (Phi) is 3.49. The summed E-state index contributed by atoms with van der Waals surface area (Å²) >= 11 is 1.26. The Morgan fingerprint density at radius 2 is 1.90 bits per heavy atom. The Bertz CT molecular complexity index is 690. The van der Waals surface area contributed by atoms with Gasteiger partial charge in [0.25, 0.3) is 5.91 Å². The lowest BCUT2D eigenvalue weighted by molar-refractivity contribution is -0.123. The van der Waals surface area contributed by atoms with Gasteiger partial charge in [0.15, 0.2) is 0 Å². The number of carbonyl (C=O) groups is 1. The molecule has 21 heavy (non-hydrogen) atoms. The SMILES string of the molecule is O=C(NCC(F)(F)F)c1cc2c(s1)-c1ccccc1CC2. The molecule has 1 amide bonds. The van der Waals surface area contributed by atoms with Gasteiger partial charge >= 0.3 is 6.18 Å². The highest BCUT2D eigenvalue weighted by Gasteiger charge is 2.29. The van der Waals surface area contributed by atoms with Gasteiger partial charge in [0.1, 0.15) is 6.54 Å². The quantitative estimate of drug-likeness (QED) is 0.898.